The summed E-state index contributed by atoms with van der Waals surface area (Å²) < 4.78 is 31.5. The van der Waals surface area contributed by atoms with Crippen molar-refractivity contribution in [2.24, 2.45) is 0 Å². The number of carbonyl (C=O) groups excluding carboxylic acids is 2. The van der Waals surface area contributed by atoms with Crippen LogP contribution in [0.1, 0.15) is 22.1 Å². The Morgan fingerprint density at radius 3 is 2.61 bits per heavy atom. The van der Waals surface area contributed by atoms with Crippen molar-refractivity contribution in [3.05, 3.63) is 76.4 Å². The molecule has 2 aromatic carbocycles. The molecule has 3 rings (SSSR count). The van der Waals surface area contributed by atoms with Crippen molar-refractivity contribution in [2.75, 3.05) is 18.9 Å². The van der Waals surface area contributed by atoms with Crippen LogP contribution in [0.25, 0.3) is 0 Å². The summed E-state index contributed by atoms with van der Waals surface area (Å²) in [4.78, 5) is 29.5. The second kappa shape index (κ2) is 9.98. The lowest BCUT2D eigenvalue weighted by molar-refractivity contribution is 0.0907. The molecule has 3 aromatic rings. The fourth-order valence-corrected chi connectivity index (χ4v) is 2.60. The third-order valence-corrected chi connectivity index (χ3v) is 4.47. The van der Waals surface area contributed by atoms with Gasteiger partial charge in [-0.1, -0.05) is 28.9 Å². The van der Waals surface area contributed by atoms with Gasteiger partial charge >= 0.3 is 17.8 Å². The van der Waals surface area contributed by atoms with Gasteiger partial charge < -0.3 is 20.1 Å². The Morgan fingerprint density at radius 1 is 1.16 bits per heavy atom. The number of hydrogen-bond acceptors (Lipinski definition) is 5. The van der Waals surface area contributed by atoms with Gasteiger partial charge in [-0.25, -0.2) is 13.6 Å². The zero-order chi connectivity index (χ0) is 22.4. The Balaban J connectivity index is 1.48. The summed E-state index contributed by atoms with van der Waals surface area (Å²) >= 11 is 5.82. The van der Waals surface area contributed by atoms with Crippen molar-refractivity contribution in [2.45, 2.75) is 13.0 Å². The van der Waals surface area contributed by atoms with Crippen LogP contribution in [-0.4, -0.2) is 40.6 Å². The number of hydrogen-bond donors (Lipinski definition) is 2. The monoisotopic (exact) mass is 449 g/mol. The van der Waals surface area contributed by atoms with Crippen molar-refractivity contribution in [1.82, 2.24) is 20.4 Å². The average Bonchev–Trinajstić information content (AvgIpc) is 3.22. The molecule has 1 aromatic heterocycles. The van der Waals surface area contributed by atoms with Gasteiger partial charge in [0, 0.05) is 37.6 Å². The molecule has 0 saturated carbocycles. The minimum absolute atomic E-state index is 0.141. The molecule has 11 heteroatoms. The molecule has 0 bridgehead atoms. The first-order chi connectivity index (χ1) is 14.8. The third kappa shape index (κ3) is 6.22. The summed E-state index contributed by atoms with van der Waals surface area (Å²) in [6, 6.07) is 9.22. The predicted molar refractivity (Wildman–Crippen MR) is 109 cm³/mol. The van der Waals surface area contributed by atoms with E-state index >= 15 is 0 Å². The minimum Gasteiger partial charge on any atom is -0.344 e. The second-order valence-corrected chi connectivity index (χ2v) is 6.99. The predicted octanol–water partition coefficient (Wildman–Crippen LogP) is 3.64. The molecule has 0 unspecified atom stereocenters. The number of halogens is 3. The first-order valence-corrected chi connectivity index (χ1v) is 9.52. The van der Waals surface area contributed by atoms with Crippen LogP contribution < -0.4 is 10.6 Å². The number of nitrogens with zero attached hydrogens (tertiary/aromatic N) is 3. The van der Waals surface area contributed by atoms with Crippen LogP contribution in [0, 0.1) is 11.6 Å². The van der Waals surface area contributed by atoms with E-state index in [1.807, 2.05) is 0 Å². The molecule has 0 aliphatic heterocycles. The molecule has 0 fully saturated rings. The average molecular weight is 450 g/mol. The van der Waals surface area contributed by atoms with Crippen LogP contribution in [0.4, 0.5) is 19.3 Å². The van der Waals surface area contributed by atoms with Gasteiger partial charge in [0.25, 0.3) is 0 Å². The van der Waals surface area contributed by atoms with E-state index in [0.29, 0.717) is 11.1 Å². The quantitative estimate of drug-likeness (QED) is 0.573. The highest BCUT2D eigenvalue weighted by molar-refractivity contribution is 6.30. The van der Waals surface area contributed by atoms with Crippen LogP contribution in [0.15, 0.2) is 47.0 Å². The van der Waals surface area contributed by atoms with Gasteiger partial charge in [-0.15, -0.1) is 0 Å². The van der Waals surface area contributed by atoms with Gasteiger partial charge in [0.2, 0.25) is 0 Å². The summed E-state index contributed by atoms with van der Waals surface area (Å²) in [5, 5.41) is 9.31. The van der Waals surface area contributed by atoms with E-state index in [1.165, 1.54) is 11.9 Å². The first-order valence-electron chi connectivity index (χ1n) is 9.14. The number of nitrogens with one attached hydrogen (secondary N) is 2. The van der Waals surface area contributed by atoms with Crippen LogP contribution in [0.2, 0.25) is 5.02 Å². The molecule has 0 saturated heterocycles. The largest absolute Gasteiger partial charge is 0.344 e. The summed E-state index contributed by atoms with van der Waals surface area (Å²) in [5.74, 6) is -2.14. The Morgan fingerprint density at radius 2 is 1.90 bits per heavy atom. The highest BCUT2D eigenvalue weighted by atomic mass is 35.5. The van der Waals surface area contributed by atoms with E-state index in [1.54, 1.807) is 24.3 Å². The van der Waals surface area contributed by atoms with Crippen molar-refractivity contribution in [1.29, 1.82) is 0 Å². The zero-order valence-corrected chi connectivity index (χ0v) is 17.1. The van der Waals surface area contributed by atoms with Gasteiger partial charge in [0.15, 0.2) is 5.82 Å². The molecule has 31 heavy (non-hydrogen) atoms. The van der Waals surface area contributed by atoms with E-state index < -0.39 is 23.6 Å². The van der Waals surface area contributed by atoms with E-state index in [0.717, 1.165) is 17.7 Å². The van der Waals surface area contributed by atoms with E-state index in [4.69, 9.17) is 16.1 Å². The van der Waals surface area contributed by atoms with Crippen molar-refractivity contribution >= 4 is 29.2 Å². The molecular formula is C20H18ClF2N5O3. The highest BCUT2D eigenvalue weighted by Crippen LogP contribution is 2.15. The molecular weight excluding hydrogens is 432 g/mol. The molecule has 0 aliphatic rings. The minimum atomic E-state index is -0.880. The standard InChI is InChI=1S/C20H18ClF2N5O3/c1-28(20(30)25-16-7-6-14(22)10-15(16)23)9-8-17-26-19(31-27-17)18(29)24-11-12-2-4-13(21)5-3-12/h2-7,10H,8-9,11H2,1H3,(H,24,29)(H,25,30). The Bertz CT molecular complexity index is 1070. The van der Waals surface area contributed by atoms with Crippen molar-refractivity contribution in [3.8, 4) is 0 Å². The number of urea groups is 1. The molecule has 3 amide bonds. The second-order valence-electron chi connectivity index (χ2n) is 6.55. The summed E-state index contributed by atoms with van der Waals surface area (Å²) in [6.07, 6.45) is 0.198. The smallest absolute Gasteiger partial charge is 0.321 e. The van der Waals surface area contributed by atoms with Crippen LogP contribution in [-0.2, 0) is 13.0 Å². The number of anilines is 1. The number of aromatic nitrogens is 2. The molecule has 0 radical (unpaired) electrons. The molecule has 1 heterocycles. The zero-order valence-electron chi connectivity index (χ0n) is 16.4. The van der Waals surface area contributed by atoms with Gasteiger partial charge in [-0.2, -0.15) is 4.98 Å². The highest BCUT2D eigenvalue weighted by Gasteiger charge is 2.17. The molecule has 162 valence electrons. The molecule has 0 aliphatic carbocycles. The third-order valence-electron chi connectivity index (χ3n) is 4.22. The maximum Gasteiger partial charge on any atom is 0.321 e. The maximum absolute atomic E-state index is 13.6. The van der Waals surface area contributed by atoms with E-state index in [2.05, 4.69) is 20.8 Å². The fourth-order valence-electron chi connectivity index (χ4n) is 2.48. The fraction of sp³-hybridized carbons (Fsp3) is 0.200. The normalized spacial score (nSPS) is 10.6. The Labute approximate surface area is 181 Å². The molecule has 2 N–H and O–H groups in total. The molecule has 8 nitrogen and oxygen atoms in total. The van der Waals surface area contributed by atoms with Crippen molar-refractivity contribution < 1.29 is 22.9 Å². The SMILES string of the molecule is CN(CCc1noc(C(=O)NCc2ccc(Cl)cc2)n1)C(=O)Nc1ccc(F)cc1F. The summed E-state index contributed by atoms with van der Waals surface area (Å²) in [6.45, 7) is 0.427. The van der Waals surface area contributed by atoms with Gasteiger partial charge in [0.05, 0.1) is 5.69 Å². The summed E-state index contributed by atoms with van der Waals surface area (Å²) in [7, 11) is 1.48. The lowest BCUT2D eigenvalue weighted by atomic mass is 10.2. The Kier molecular flexibility index (Phi) is 7.14. The Hall–Kier alpha value is -3.53. The topological polar surface area (TPSA) is 100 Å². The van der Waals surface area contributed by atoms with Crippen LogP contribution in [0.3, 0.4) is 0 Å². The summed E-state index contributed by atoms with van der Waals surface area (Å²) in [5.41, 5.74) is 0.708. The molecule has 0 spiro atoms. The number of benzene rings is 2. The van der Waals surface area contributed by atoms with Gasteiger partial charge in [-0.05, 0) is 29.8 Å². The van der Waals surface area contributed by atoms with Gasteiger partial charge in [0.1, 0.15) is 11.6 Å². The number of rotatable bonds is 7. The van der Waals surface area contributed by atoms with Gasteiger partial charge in [-0.3, -0.25) is 4.79 Å². The molecule has 0 atom stereocenters. The lowest BCUT2D eigenvalue weighted by Gasteiger charge is -2.17. The van der Waals surface area contributed by atoms with E-state index in [-0.39, 0.29) is 36.9 Å². The van der Waals surface area contributed by atoms with Crippen LogP contribution in [0.5, 0.6) is 0 Å². The van der Waals surface area contributed by atoms with Crippen LogP contribution >= 0.6 is 11.6 Å². The number of carbonyl (C=O) groups is 2. The first kappa shape index (κ1) is 22.2. The lowest BCUT2D eigenvalue weighted by Crippen LogP contribution is -2.33. The van der Waals surface area contributed by atoms with Crippen molar-refractivity contribution in [3.63, 3.8) is 0 Å². The maximum atomic E-state index is 13.6. The van der Waals surface area contributed by atoms with E-state index in [9.17, 15) is 18.4 Å². The number of amides is 3. The number of likely N-dealkylation sites (N-methyl/N-ethyl adjacent to an activating group) is 1.